The van der Waals surface area contributed by atoms with E-state index in [1.54, 1.807) is 6.07 Å². The standard InChI is InChI=1S/C32H33F3N2O/c1-5-6-9-18-38-27-16-17-30-29(20-27)36-31(23(4)25-14-12-24(13-15-25)19-22(2)3)37(30)21-26-10-7-8-11-28(26)32(33,34)35/h7-8,10-17,20,22-23H,5,18-19,21H2,1-4H3. The molecule has 3 aromatic carbocycles. The second kappa shape index (κ2) is 11.8. The Morgan fingerprint density at radius 2 is 1.68 bits per heavy atom. The molecule has 0 amide bonds. The van der Waals surface area contributed by atoms with Gasteiger partial charge in [-0.1, -0.05) is 76.1 Å². The molecule has 0 fully saturated rings. The minimum atomic E-state index is -4.44. The van der Waals surface area contributed by atoms with Crippen molar-refractivity contribution in [1.82, 2.24) is 9.55 Å². The summed E-state index contributed by atoms with van der Waals surface area (Å²) in [4.78, 5) is 4.92. The smallest absolute Gasteiger partial charge is 0.416 e. The van der Waals surface area contributed by atoms with E-state index in [2.05, 4.69) is 50.0 Å². The molecule has 4 rings (SSSR count). The van der Waals surface area contributed by atoms with Crippen molar-refractivity contribution in [3.8, 4) is 17.6 Å². The number of nitrogens with zero attached hydrogens (tertiary/aromatic N) is 2. The van der Waals surface area contributed by atoms with Gasteiger partial charge < -0.3 is 9.30 Å². The first kappa shape index (κ1) is 27.3. The highest BCUT2D eigenvalue weighted by Crippen LogP contribution is 2.35. The number of alkyl halides is 3. The average molecular weight is 519 g/mol. The van der Waals surface area contributed by atoms with E-state index in [0.29, 0.717) is 23.0 Å². The first-order chi connectivity index (χ1) is 18.2. The Labute approximate surface area is 222 Å². The number of halogens is 3. The van der Waals surface area contributed by atoms with E-state index in [9.17, 15) is 13.2 Å². The predicted molar refractivity (Wildman–Crippen MR) is 146 cm³/mol. The third-order valence-corrected chi connectivity index (χ3v) is 6.52. The first-order valence-electron chi connectivity index (χ1n) is 13.0. The van der Waals surface area contributed by atoms with Gasteiger partial charge in [0.15, 0.2) is 0 Å². The third-order valence-electron chi connectivity index (χ3n) is 6.52. The minimum Gasteiger partial charge on any atom is -0.481 e. The van der Waals surface area contributed by atoms with E-state index in [4.69, 9.17) is 9.72 Å². The topological polar surface area (TPSA) is 27.1 Å². The molecule has 198 valence electrons. The molecule has 38 heavy (non-hydrogen) atoms. The van der Waals surface area contributed by atoms with Gasteiger partial charge in [0.25, 0.3) is 0 Å². The maximum Gasteiger partial charge on any atom is 0.416 e. The minimum absolute atomic E-state index is 0.0550. The van der Waals surface area contributed by atoms with E-state index in [1.165, 1.54) is 17.7 Å². The Morgan fingerprint density at radius 3 is 2.37 bits per heavy atom. The maximum absolute atomic E-state index is 13.8. The fourth-order valence-electron chi connectivity index (χ4n) is 4.68. The molecule has 0 radical (unpaired) electrons. The van der Waals surface area contributed by atoms with Crippen LogP contribution in [0.15, 0.2) is 66.7 Å². The number of hydrogen-bond acceptors (Lipinski definition) is 2. The van der Waals surface area contributed by atoms with Crippen LogP contribution in [0.5, 0.6) is 5.75 Å². The lowest BCUT2D eigenvalue weighted by Gasteiger charge is -2.18. The summed E-state index contributed by atoms with van der Waals surface area (Å²) in [6.07, 6.45) is -2.69. The summed E-state index contributed by atoms with van der Waals surface area (Å²) in [5.41, 5.74) is 3.32. The van der Waals surface area contributed by atoms with Gasteiger partial charge in [0.1, 0.15) is 18.2 Å². The Kier molecular flexibility index (Phi) is 8.46. The summed E-state index contributed by atoms with van der Waals surface area (Å²) >= 11 is 0. The summed E-state index contributed by atoms with van der Waals surface area (Å²) < 4.78 is 49.1. The molecule has 0 N–H and O–H groups in total. The van der Waals surface area contributed by atoms with Crippen molar-refractivity contribution in [2.75, 3.05) is 6.61 Å². The summed E-state index contributed by atoms with van der Waals surface area (Å²) in [5.74, 6) is 7.68. The van der Waals surface area contributed by atoms with E-state index in [0.717, 1.165) is 30.0 Å². The Hall–Kier alpha value is -3.72. The molecule has 0 saturated carbocycles. The van der Waals surface area contributed by atoms with Crippen LogP contribution in [0.2, 0.25) is 0 Å². The van der Waals surface area contributed by atoms with Gasteiger partial charge >= 0.3 is 6.18 Å². The molecule has 0 saturated heterocycles. The highest BCUT2D eigenvalue weighted by Gasteiger charge is 2.33. The number of imidazole rings is 1. The molecule has 1 unspecified atom stereocenters. The molecule has 1 atom stereocenters. The Bertz CT molecular complexity index is 1440. The van der Waals surface area contributed by atoms with Crippen LogP contribution in [0.25, 0.3) is 11.0 Å². The van der Waals surface area contributed by atoms with E-state index in [-0.39, 0.29) is 24.6 Å². The fourth-order valence-corrected chi connectivity index (χ4v) is 4.68. The molecule has 0 bridgehead atoms. The lowest BCUT2D eigenvalue weighted by molar-refractivity contribution is -0.138. The number of hydrogen-bond donors (Lipinski definition) is 0. The summed E-state index contributed by atoms with van der Waals surface area (Å²) in [6.45, 7) is 8.72. The fraction of sp³-hybridized carbons (Fsp3) is 0.344. The molecule has 1 aromatic heterocycles. The van der Waals surface area contributed by atoms with Gasteiger partial charge in [-0.2, -0.15) is 13.2 Å². The van der Waals surface area contributed by atoms with Crippen LogP contribution in [0.1, 0.15) is 68.1 Å². The Balaban J connectivity index is 1.77. The highest BCUT2D eigenvalue weighted by atomic mass is 19.4. The molecule has 3 nitrogen and oxygen atoms in total. The van der Waals surface area contributed by atoms with Crippen molar-refractivity contribution in [3.63, 3.8) is 0 Å². The lowest BCUT2D eigenvalue weighted by Crippen LogP contribution is -2.14. The van der Waals surface area contributed by atoms with E-state index >= 15 is 0 Å². The van der Waals surface area contributed by atoms with Gasteiger partial charge in [0.05, 0.1) is 16.6 Å². The molecule has 0 aliphatic heterocycles. The third kappa shape index (κ3) is 6.39. The van der Waals surface area contributed by atoms with Crippen molar-refractivity contribution in [2.24, 2.45) is 5.92 Å². The van der Waals surface area contributed by atoms with Crippen molar-refractivity contribution < 1.29 is 17.9 Å². The van der Waals surface area contributed by atoms with Gasteiger partial charge in [-0.3, -0.25) is 0 Å². The second-order valence-electron chi connectivity index (χ2n) is 9.92. The van der Waals surface area contributed by atoms with E-state index in [1.807, 2.05) is 36.6 Å². The molecular formula is C32H33F3N2O. The van der Waals surface area contributed by atoms with Crippen LogP contribution in [0.4, 0.5) is 13.2 Å². The van der Waals surface area contributed by atoms with Crippen LogP contribution in [0, 0.1) is 17.8 Å². The zero-order valence-corrected chi connectivity index (χ0v) is 22.3. The van der Waals surface area contributed by atoms with E-state index < -0.39 is 11.7 Å². The second-order valence-corrected chi connectivity index (χ2v) is 9.92. The van der Waals surface area contributed by atoms with Gasteiger partial charge in [-0.05, 0) is 47.2 Å². The average Bonchev–Trinajstić information content (AvgIpc) is 3.23. The number of benzene rings is 3. The lowest BCUT2D eigenvalue weighted by atomic mass is 9.96. The number of ether oxygens (including phenoxy) is 1. The maximum atomic E-state index is 13.8. The molecule has 0 aliphatic rings. The summed E-state index contributed by atoms with van der Waals surface area (Å²) in [6, 6.07) is 19.7. The van der Waals surface area contributed by atoms with Gasteiger partial charge in [0, 0.05) is 24.9 Å². The molecule has 0 aliphatic carbocycles. The summed E-state index contributed by atoms with van der Waals surface area (Å²) in [5, 5.41) is 0. The van der Waals surface area contributed by atoms with Gasteiger partial charge in [-0.25, -0.2) is 4.98 Å². The summed E-state index contributed by atoms with van der Waals surface area (Å²) in [7, 11) is 0. The van der Waals surface area contributed by atoms with Crippen molar-refractivity contribution in [3.05, 3.63) is 94.8 Å². The molecule has 6 heteroatoms. The monoisotopic (exact) mass is 518 g/mol. The molecule has 4 aromatic rings. The van der Waals surface area contributed by atoms with Crippen molar-refractivity contribution in [1.29, 1.82) is 0 Å². The number of fused-ring (bicyclic) bond motifs is 1. The largest absolute Gasteiger partial charge is 0.481 e. The van der Waals surface area contributed by atoms with Gasteiger partial charge in [0.2, 0.25) is 0 Å². The zero-order chi connectivity index (χ0) is 27.3. The highest BCUT2D eigenvalue weighted by molar-refractivity contribution is 5.78. The first-order valence-corrected chi connectivity index (χ1v) is 13.0. The number of rotatable bonds is 8. The van der Waals surface area contributed by atoms with Gasteiger partial charge in [-0.15, -0.1) is 5.92 Å². The zero-order valence-electron chi connectivity index (χ0n) is 22.3. The molecule has 1 heterocycles. The predicted octanol–water partition coefficient (Wildman–Crippen LogP) is 8.25. The Morgan fingerprint density at radius 1 is 0.947 bits per heavy atom. The van der Waals surface area contributed by atoms with Crippen LogP contribution in [0.3, 0.4) is 0 Å². The van der Waals surface area contributed by atoms with Crippen molar-refractivity contribution >= 4 is 11.0 Å². The molecule has 0 spiro atoms. The van der Waals surface area contributed by atoms with Crippen LogP contribution < -0.4 is 4.74 Å². The molecular weight excluding hydrogens is 485 g/mol. The normalized spacial score (nSPS) is 12.4. The van der Waals surface area contributed by atoms with Crippen LogP contribution >= 0.6 is 0 Å². The van der Waals surface area contributed by atoms with Crippen LogP contribution in [-0.2, 0) is 19.1 Å². The SMILES string of the molecule is CCC#CCOc1ccc2c(c1)nc(C(C)c1ccc(CC(C)C)cc1)n2Cc1ccccc1C(F)(F)F. The van der Waals surface area contributed by atoms with Crippen molar-refractivity contribution in [2.45, 2.75) is 59.2 Å². The number of aromatic nitrogens is 2. The quantitative estimate of drug-likeness (QED) is 0.220. The van der Waals surface area contributed by atoms with Crippen LogP contribution in [-0.4, -0.2) is 16.2 Å².